The Labute approximate surface area is 165 Å². The van der Waals surface area contributed by atoms with Crippen LogP contribution in [-0.4, -0.2) is 51.1 Å². The van der Waals surface area contributed by atoms with Crippen LogP contribution in [0.2, 0.25) is 0 Å². The van der Waals surface area contributed by atoms with Crippen LogP contribution in [0.3, 0.4) is 0 Å². The first-order valence-electron chi connectivity index (χ1n) is 6.22. The summed E-state index contributed by atoms with van der Waals surface area (Å²) in [5.41, 5.74) is 0. The van der Waals surface area contributed by atoms with Crippen LogP contribution in [0.25, 0.3) is 0 Å². The summed E-state index contributed by atoms with van der Waals surface area (Å²) in [7, 11) is -7.28. The standard InChI is InChI=1S/2C7H9O3P.Ca/c2*1-11(8,9)10-7-5-3-2-4-6-7;/h2*2-6H,1H3,(H,8,9);/q;;+2/p-2. The summed E-state index contributed by atoms with van der Waals surface area (Å²) < 4.78 is 30.4. The molecule has 23 heavy (non-hydrogen) atoms. The molecule has 0 radical (unpaired) electrons. The van der Waals surface area contributed by atoms with Gasteiger partial charge >= 0.3 is 37.7 Å². The van der Waals surface area contributed by atoms with Gasteiger partial charge in [0.1, 0.15) is 11.5 Å². The Kier molecular flexibility index (Phi) is 10.4. The summed E-state index contributed by atoms with van der Waals surface area (Å²) in [5, 5.41) is 0. The number of hydrogen-bond acceptors (Lipinski definition) is 6. The zero-order valence-corrected chi connectivity index (χ0v) is 16.8. The average Bonchev–Trinajstić information content (AvgIpc) is 2.38. The van der Waals surface area contributed by atoms with Crippen molar-refractivity contribution in [3.8, 4) is 11.5 Å². The molecule has 0 bridgehead atoms. The molecule has 9 heteroatoms. The van der Waals surface area contributed by atoms with E-state index in [0.717, 1.165) is 13.3 Å². The second kappa shape index (κ2) is 10.5. The molecule has 2 rings (SSSR count). The Morgan fingerprint density at radius 1 is 0.696 bits per heavy atom. The van der Waals surface area contributed by atoms with Crippen molar-refractivity contribution >= 4 is 52.9 Å². The zero-order valence-electron chi connectivity index (χ0n) is 12.8. The molecule has 2 aromatic rings. The van der Waals surface area contributed by atoms with Gasteiger partial charge < -0.3 is 18.8 Å². The van der Waals surface area contributed by atoms with Gasteiger partial charge in [0.05, 0.1) is 0 Å². The van der Waals surface area contributed by atoms with Gasteiger partial charge in [0.25, 0.3) is 0 Å². The van der Waals surface area contributed by atoms with Crippen molar-refractivity contribution < 1.29 is 28.0 Å². The second-order valence-corrected chi connectivity index (χ2v) is 7.80. The molecule has 0 heterocycles. The first-order chi connectivity index (χ1) is 10.2. The van der Waals surface area contributed by atoms with Crippen LogP contribution >= 0.6 is 15.2 Å². The molecule has 0 aliphatic carbocycles. The minimum absolute atomic E-state index is 0. The third-order valence-electron chi connectivity index (χ3n) is 2.03. The maximum atomic E-state index is 10.6. The van der Waals surface area contributed by atoms with Gasteiger partial charge in [-0.2, -0.15) is 0 Å². The van der Waals surface area contributed by atoms with Crippen LogP contribution in [0.5, 0.6) is 11.5 Å². The first kappa shape index (κ1) is 22.7. The fourth-order valence-corrected chi connectivity index (χ4v) is 2.35. The van der Waals surface area contributed by atoms with E-state index in [1.807, 2.05) is 0 Å². The topological polar surface area (TPSA) is 98.7 Å². The largest absolute Gasteiger partial charge is 2.00 e. The van der Waals surface area contributed by atoms with Gasteiger partial charge in [-0.25, -0.2) is 0 Å². The quantitative estimate of drug-likeness (QED) is 0.593. The Balaban J connectivity index is 0.000000403. The third-order valence-corrected chi connectivity index (χ3v) is 3.11. The monoisotopic (exact) mass is 382 g/mol. The molecule has 120 valence electrons. The van der Waals surface area contributed by atoms with Crippen LogP contribution in [0, 0.1) is 0 Å². The smallest absolute Gasteiger partial charge is 0.769 e. The van der Waals surface area contributed by atoms with E-state index < -0.39 is 15.2 Å². The fourth-order valence-electron chi connectivity index (χ4n) is 1.35. The minimum Gasteiger partial charge on any atom is -0.769 e. The maximum absolute atomic E-state index is 10.6. The second-order valence-electron chi connectivity index (χ2n) is 4.35. The average molecular weight is 382 g/mol. The molecule has 0 spiro atoms. The predicted molar refractivity (Wildman–Crippen MR) is 87.0 cm³/mol. The van der Waals surface area contributed by atoms with E-state index in [9.17, 15) is 18.9 Å². The summed E-state index contributed by atoms with van der Waals surface area (Å²) >= 11 is 0. The normalized spacial score (nSPS) is 14.8. The minimum atomic E-state index is -3.64. The Morgan fingerprint density at radius 2 is 0.957 bits per heavy atom. The predicted octanol–water partition coefficient (Wildman–Crippen LogP) is 2.12. The van der Waals surface area contributed by atoms with Crippen molar-refractivity contribution in [1.82, 2.24) is 0 Å². The molecule has 6 nitrogen and oxygen atoms in total. The molecular weight excluding hydrogens is 366 g/mol. The number of rotatable bonds is 4. The summed E-state index contributed by atoms with van der Waals surface area (Å²) in [5.74, 6) is 0.710. The molecule has 0 aliphatic rings. The molecule has 0 aliphatic heterocycles. The van der Waals surface area contributed by atoms with Gasteiger partial charge in [0, 0.05) is 13.3 Å². The number of para-hydroxylation sites is 2. The van der Waals surface area contributed by atoms with Gasteiger partial charge in [0.2, 0.25) is 0 Å². The number of hydrogen-bond donors (Lipinski definition) is 0. The summed E-state index contributed by atoms with van der Waals surface area (Å²) in [6.45, 7) is 2.08. The third kappa shape index (κ3) is 12.7. The fraction of sp³-hybridized carbons (Fsp3) is 0.143. The molecule has 0 fully saturated rings. The van der Waals surface area contributed by atoms with Crippen LogP contribution in [0.4, 0.5) is 0 Å². The first-order valence-corrected chi connectivity index (χ1v) is 10.2. The van der Waals surface area contributed by atoms with Crippen molar-refractivity contribution in [2.24, 2.45) is 0 Å². The van der Waals surface area contributed by atoms with E-state index in [2.05, 4.69) is 9.05 Å². The van der Waals surface area contributed by atoms with E-state index in [4.69, 9.17) is 0 Å². The van der Waals surface area contributed by atoms with Crippen molar-refractivity contribution in [3.63, 3.8) is 0 Å². The Hall–Kier alpha value is -0.320. The maximum Gasteiger partial charge on any atom is 2.00 e. The van der Waals surface area contributed by atoms with Crippen LogP contribution < -0.4 is 18.8 Å². The SMILES string of the molecule is CP(=O)([O-])Oc1ccccc1.CP(=O)([O-])Oc1ccccc1.[Ca+2]. The van der Waals surface area contributed by atoms with Crippen molar-refractivity contribution in [2.45, 2.75) is 0 Å². The van der Waals surface area contributed by atoms with E-state index in [0.29, 0.717) is 11.5 Å². The van der Waals surface area contributed by atoms with Gasteiger partial charge in [0.15, 0.2) is 15.2 Å². The molecule has 0 aromatic heterocycles. The molecule has 0 N–H and O–H groups in total. The zero-order chi connectivity index (χ0) is 16.6. The number of benzene rings is 2. The molecule has 0 saturated heterocycles. The van der Waals surface area contributed by atoms with E-state index in [1.54, 1.807) is 60.7 Å². The van der Waals surface area contributed by atoms with E-state index >= 15 is 0 Å². The van der Waals surface area contributed by atoms with E-state index in [-0.39, 0.29) is 37.7 Å². The summed E-state index contributed by atoms with van der Waals surface area (Å²) in [4.78, 5) is 21.2. The van der Waals surface area contributed by atoms with Crippen LogP contribution in [0.1, 0.15) is 0 Å². The Morgan fingerprint density at radius 3 is 1.17 bits per heavy atom. The molecule has 2 aromatic carbocycles. The summed E-state index contributed by atoms with van der Waals surface area (Å²) in [6, 6.07) is 16.8. The van der Waals surface area contributed by atoms with Crippen molar-refractivity contribution in [3.05, 3.63) is 60.7 Å². The van der Waals surface area contributed by atoms with E-state index in [1.165, 1.54) is 0 Å². The van der Waals surface area contributed by atoms with Gasteiger partial charge in [-0.1, -0.05) is 36.4 Å². The van der Waals surface area contributed by atoms with Crippen molar-refractivity contribution in [2.75, 3.05) is 13.3 Å². The molecule has 2 unspecified atom stereocenters. The molecular formula is C14H16CaO6P2. The molecule has 0 saturated carbocycles. The van der Waals surface area contributed by atoms with Crippen molar-refractivity contribution in [1.29, 1.82) is 0 Å². The van der Waals surface area contributed by atoms with Crippen LogP contribution in [-0.2, 0) is 9.13 Å². The van der Waals surface area contributed by atoms with Gasteiger partial charge in [-0.3, -0.25) is 9.13 Å². The van der Waals surface area contributed by atoms with Gasteiger partial charge in [-0.05, 0) is 24.3 Å². The van der Waals surface area contributed by atoms with Gasteiger partial charge in [-0.15, -0.1) is 0 Å². The van der Waals surface area contributed by atoms with Crippen LogP contribution in [0.15, 0.2) is 60.7 Å². The Bertz CT molecular complexity index is 594. The molecule has 2 atom stereocenters. The molecule has 0 amide bonds. The summed E-state index contributed by atoms with van der Waals surface area (Å²) in [6.07, 6.45) is 0.